The van der Waals surface area contributed by atoms with Gasteiger partial charge in [-0.05, 0) is 25.5 Å². The highest BCUT2D eigenvalue weighted by Crippen LogP contribution is 2.21. The van der Waals surface area contributed by atoms with Gasteiger partial charge in [-0.2, -0.15) is 0 Å². The van der Waals surface area contributed by atoms with Gasteiger partial charge in [0.2, 0.25) is 0 Å². The Labute approximate surface area is 186 Å². The number of hydrogen-bond acceptors (Lipinski definition) is 5. The molecule has 0 radical (unpaired) electrons. The van der Waals surface area contributed by atoms with Crippen molar-refractivity contribution in [2.75, 3.05) is 60.3 Å². The molecule has 0 unspecified atom stereocenters. The standard InChI is InChI=1S/C20H35N3O4.HI/c1-5-21-20(22-9-12-26-14-13-25-4)23-16-18-8-7-17(2)15-19(18)27-11-6-10-24-3;/h7-8,15H,5-6,9-14,16H2,1-4H3,(H2,21,22,23);1H. The summed E-state index contributed by atoms with van der Waals surface area (Å²) in [7, 11) is 3.36. The van der Waals surface area contributed by atoms with E-state index in [-0.39, 0.29) is 24.0 Å². The average Bonchev–Trinajstić information content (AvgIpc) is 2.67. The minimum absolute atomic E-state index is 0. The number of guanidine groups is 1. The van der Waals surface area contributed by atoms with Crippen molar-refractivity contribution >= 4 is 29.9 Å². The van der Waals surface area contributed by atoms with Gasteiger partial charge in [-0.3, -0.25) is 0 Å². The number of hydrogen-bond donors (Lipinski definition) is 2. The van der Waals surface area contributed by atoms with Gasteiger partial charge in [0, 0.05) is 45.9 Å². The van der Waals surface area contributed by atoms with E-state index in [1.54, 1.807) is 14.2 Å². The molecule has 0 bridgehead atoms. The topological polar surface area (TPSA) is 73.3 Å². The van der Waals surface area contributed by atoms with Crippen LogP contribution in [0.2, 0.25) is 0 Å². The zero-order valence-electron chi connectivity index (χ0n) is 17.6. The molecule has 0 saturated heterocycles. The van der Waals surface area contributed by atoms with Gasteiger partial charge in [0.05, 0.1) is 33.0 Å². The molecule has 28 heavy (non-hydrogen) atoms. The Morgan fingerprint density at radius 3 is 2.50 bits per heavy atom. The molecule has 0 aliphatic rings. The monoisotopic (exact) mass is 509 g/mol. The Kier molecular flexibility index (Phi) is 17.3. The van der Waals surface area contributed by atoms with Crippen molar-refractivity contribution in [1.29, 1.82) is 0 Å². The summed E-state index contributed by atoms with van der Waals surface area (Å²) in [6, 6.07) is 6.21. The summed E-state index contributed by atoms with van der Waals surface area (Å²) in [5.41, 5.74) is 2.23. The molecule has 1 aromatic carbocycles. The maximum atomic E-state index is 5.93. The van der Waals surface area contributed by atoms with Crippen LogP contribution in [0.25, 0.3) is 0 Å². The average molecular weight is 509 g/mol. The van der Waals surface area contributed by atoms with Crippen molar-refractivity contribution < 1.29 is 18.9 Å². The molecule has 1 rings (SSSR count). The summed E-state index contributed by atoms with van der Waals surface area (Å²) < 4.78 is 21.4. The quantitative estimate of drug-likeness (QED) is 0.174. The molecule has 0 amide bonds. The van der Waals surface area contributed by atoms with Gasteiger partial charge >= 0.3 is 0 Å². The van der Waals surface area contributed by atoms with E-state index < -0.39 is 0 Å². The molecule has 0 aromatic heterocycles. The number of halogens is 1. The molecule has 0 aliphatic carbocycles. The lowest BCUT2D eigenvalue weighted by molar-refractivity contribution is 0.0733. The molecule has 7 nitrogen and oxygen atoms in total. The Balaban J connectivity index is 0.00000729. The Bertz CT molecular complexity index is 544. The molecule has 162 valence electrons. The van der Waals surface area contributed by atoms with E-state index in [1.165, 1.54) is 5.56 Å². The number of aryl methyl sites for hydroxylation is 1. The third-order valence-electron chi connectivity index (χ3n) is 3.70. The second-order valence-electron chi connectivity index (χ2n) is 6.03. The molecule has 0 spiro atoms. The van der Waals surface area contributed by atoms with Crippen molar-refractivity contribution in [2.45, 2.75) is 26.8 Å². The fraction of sp³-hybridized carbons (Fsp3) is 0.650. The van der Waals surface area contributed by atoms with Gasteiger partial charge < -0.3 is 29.6 Å². The van der Waals surface area contributed by atoms with Crippen molar-refractivity contribution in [2.24, 2.45) is 4.99 Å². The lowest BCUT2D eigenvalue weighted by Gasteiger charge is -2.14. The van der Waals surface area contributed by atoms with Crippen LogP contribution >= 0.6 is 24.0 Å². The lowest BCUT2D eigenvalue weighted by Crippen LogP contribution is -2.39. The molecule has 0 aliphatic heterocycles. The number of nitrogens with one attached hydrogen (secondary N) is 2. The molecular weight excluding hydrogens is 473 g/mol. The largest absolute Gasteiger partial charge is 0.493 e. The number of ether oxygens (including phenoxy) is 4. The summed E-state index contributed by atoms with van der Waals surface area (Å²) >= 11 is 0. The third-order valence-corrected chi connectivity index (χ3v) is 3.70. The highest BCUT2D eigenvalue weighted by atomic mass is 127. The molecule has 2 N–H and O–H groups in total. The van der Waals surface area contributed by atoms with E-state index in [2.05, 4.69) is 40.7 Å². The van der Waals surface area contributed by atoms with E-state index in [9.17, 15) is 0 Å². The van der Waals surface area contributed by atoms with E-state index in [0.717, 1.165) is 30.2 Å². The van der Waals surface area contributed by atoms with E-state index >= 15 is 0 Å². The van der Waals surface area contributed by atoms with Crippen LogP contribution in [0.1, 0.15) is 24.5 Å². The predicted molar refractivity (Wildman–Crippen MR) is 124 cm³/mol. The molecule has 1 aromatic rings. The number of aliphatic imine (C=N–C) groups is 1. The molecule has 0 atom stereocenters. The number of benzene rings is 1. The first-order chi connectivity index (χ1) is 13.2. The summed E-state index contributed by atoms with van der Waals surface area (Å²) in [5.74, 6) is 1.65. The Hall–Kier alpha value is -1.10. The second-order valence-corrected chi connectivity index (χ2v) is 6.03. The SMILES string of the molecule is CCNC(=NCc1ccc(C)cc1OCCCOC)NCCOCCOC.I. The Morgan fingerprint density at radius 1 is 1.00 bits per heavy atom. The maximum Gasteiger partial charge on any atom is 0.191 e. The van der Waals surface area contributed by atoms with Crippen molar-refractivity contribution in [1.82, 2.24) is 10.6 Å². The Morgan fingerprint density at radius 2 is 1.79 bits per heavy atom. The van der Waals surface area contributed by atoms with Gasteiger partial charge in [-0.15, -0.1) is 24.0 Å². The zero-order valence-corrected chi connectivity index (χ0v) is 19.9. The molecule has 0 heterocycles. The van der Waals surface area contributed by atoms with Crippen LogP contribution < -0.4 is 15.4 Å². The summed E-state index contributed by atoms with van der Waals surface area (Å²) in [6.07, 6.45) is 0.862. The van der Waals surface area contributed by atoms with Gasteiger partial charge in [0.1, 0.15) is 5.75 Å². The van der Waals surface area contributed by atoms with Gasteiger partial charge in [-0.25, -0.2) is 4.99 Å². The fourth-order valence-electron chi connectivity index (χ4n) is 2.30. The predicted octanol–water partition coefficient (Wildman–Crippen LogP) is 2.75. The minimum atomic E-state index is 0. The van der Waals surface area contributed by atoms with E-state index in [0.29, 0.717) is 46.1 Å². The van der Waals surface area contributed by atoms with Crippen molar-refractivity contribution in [3.8, 4) is 5.75 Å². The summed E-state index contributed by atoms with van der Waals surface area (Å²) in [5, 5.41) is 6.52. The first kappa shape index (κ1) is 26.9. The van der Waals surface area contributed by atoms with Crippen molar-refractivity contribution in [3.63, 3.8) is 0 Å². The maximum absolute atomic E-state index is 5.93. The fourth-order valence-corrected chi connectivity index (χ4v) is 2.30. The highest BCUT2D eigenvalue weighted by Gasteiger charge is 2.05. The van der Waals surface area contributed by atoms with Crippen molar-refractivity contribution in [3.05, 3.63) is 29.3 Å². The molecular formula is C20H36IN3O4. The zero-order chi connectivity index (χ0) is 19.7. The van der Waals surface area contributed by atoms with Gasteiger partial charge in [0.15, 0.2) is 5.96 Å². The van der Waals surface area contributed by atoms with Crippen LogP contribution in [-0.2, 0) is 20.8 Å². The van der Waals surface area contributed by atoms with E-state index in [4.69, 9.17) is 18.9 Å². The van der Waals surface area contributed by atoms with Crippen LogP contribution in [0.4, 0.5) is 0 Å². The summed E-state index contributed by atoms with van der Waals surface area (Å²) in [6.45, 7) is 9.26. The van der Waals surface area contributed by atoms with Crippen LogP contribution in [0.15, 0.2) is 23.2 Å². The first-order valence-corrected chi connectivity index (χ1v) is 9.51. The number of rotatable bonds is 14. The second kappa shape index (κ2) is 18.0. The van der Waals surface area contributed by atoms with E-state index in [1.807, 2.05) is 6.92 Å². The van der Waals surface area contributed by atoms with Crippen LogP contribution in [-0.4, -0.2) is 66.3 Å². The first-order valence-electron chi connectivity index (χ1n) is 9.51. The number of methoxy groups -OCH3 is 2. The normalized spacial score (nSPS) is 11.1. The lowest BCUT2D eigenvalue weighted by atomic mass is 10.1. The third kappa shape index (κ3) is 12.4. The smallest absolute Gasteiger partial charge is 0.191 e. The molecule has 0 fully saturated rings. The highest BCUT2D eigenvalue weighted by molar-refractivity contribution is 14.0. The molecule has 8 heteroatoms. The minimum Gasteiger partial charge on any atom is -0.493 e. The van der Waals surface area contributed by atoms with Crippen LogP contribution in [0.5, 0.6) is 5.75 Å². The molecule has 0 saturated carbocycles. The van der Waals surface area contributed by atoms with Gasteiger partial charge in [0.25, 0.3) is 0 Å². The van der Waals surface area contributed by atoms with Crippen LogP contribution in [0, 0.1) is 6.92 Å². The van der Waals surface area contributed by atoms with Gasteiger partial charge in [-0.1, -0.05) is 12.1 Å². The number of nitrogens with zero attached hydrogens (tertiary/aromatic N) is 1. The van der Waals surface area contributed by atoms with Crippen LogP contribution in [0.3, 0.4) is 0 Å². The summed E-state index contributed by atoms with van der Waals surface area (Å²) in [4.78, 5) is 4.66.